The van der Waals surface area contributed by atoms with Crippen molar-refractivity contribution in [2.75, 3.05) is 38.1 Å². The summed E-state index contributed by atoms with van der Waals surface area (Å²) in [5.41, 5.74) is 0.0175. The minimum absolute atomic E-state index is 0. The number of ether oxygens (including phenoxy) is 1. The van der Waals surface area contributed by atoms with Crippen LogP contribution in [-0.2, 0) is 4.79 Å². The second-order valence-electron chi connectivity index (χ2n) is 5.44. The van der Waals surface area contributed by atoms with E-state index in [-0.39, 0.29) is 42.3 Å². The van der Waals surface area contributed by atoms with E-state index in [9.17, 15) is 14.9 Å². The van der Waals surface area contributed by atoms with Gasteiger partial charge in [-0.2, -0.15) is 0 Å². The first-order chi connectivity index (χ1) is 11.0. The number of piperazine rings is 1. The topological polar surface area (TPSA) is 96.7 Å². The average Bonchev–Trinajstić information content (AvgIpc) is 2.51. The lowest BCUT2D eigenvalue weighted by atomic mass is 10.2. The van der Waals surface area contributed by atoms with Gasteiger partial charge in [-0.05, 0) is 26.0 Å². The molecule has 0 spiro atoms. The van der Waals surface area contributed by atoms with Gasteiger partial charge in [-0.3, -0.25) is 19.8 Å². The summed E-state index contributed by atoms with van der Waals surface area (Å²) < 4.78 is 5.26. The average molecular weight is 359 g/mol. The van der Waals surface area contributed by atoms with E-state index in [1.807, 2.05) is 11.8 Å². The van der Waals surface area contributed by atoms with Crippen LogP contribution in [0.4, 0.5) is 11.4 Å². The molecule has 1 aromatic carbocycles. The Labute approximate surface area is 147 Å². The minimum atomic E-state index is -0.522. The summed E-state index contributed by atoms with van der Waals surface area (Å²) in [6, 6.07) is 4.69. The lowest BCUT2D eigenvalue weighted by Crippen LogP contribution is -2.52. The number of anilines is 1. The number of hydrogen-bond acceptors (Lipinski definition) is 6. The maximum atomic E-state index is 12.2. The summed E-state index contributed by atoms with van der Waals surface area (Å²) in [7, 11) is 0. The number of amides is 1. The van der Waals surface area contributed by atoms with Crippen molar-refractivity contribution in [2.24, 2.45) is 0 Å². The lowest BCUT2D eigenvalue weighted by molar-refractivity contribution is -0.384. The summed E-state index contributed by atoms with van der Waals surface area (Å²) in [4.78, 5) is 24.9. The Morgan fingerprint density at radius 3 is 2.92 bits per heavy atom. The fourth-order valence-corrected chi connectivity index (χ4v) is 2.52. The molecule has 8 nitrogen and oxygen atoms in total. The molecule has 0 saturated carbocycles. The number of benzene rings is 1. The molecule has 0 unspecified atom stereocenters. The Hall–Kier alpha value is -1.90. The zero-order valence-electron chi connectivity index (χ0n) is 13.8. The van der Waals surface area contributed by atoms with Gasteiger partial charge in [0, 0.05) is 25.7 Å². The van der Waals surface area contributed by atoms with Gasteiger partial charge in [-0.25, -0.2) is 0 Å². The molecule has 1 fully saturated rings. The molecule has 9 heteroatoms. The number of carbonyl (C=O) groups is 1. The summed E-state index contributed by atoms with van der Waals surface area (Å²) in [6.45, 7) is 6.92. The standard InChI is InChI=1S/C15H22N4O4.ClH/c1-3-23-12-4-5-13(14(8-12)19(21)22)17-15(20)10-18-7-6-16-9-11(18)2;/h4-5,8,11,16H,3,6-7,9-10H2,1-2H3,(H,17,20);1H/t11-;/m1./s1. The normalized spacial score (nSPS) is 17.7. The van der Waals surface area contributed by atoms with Gasteiger partial charge in [-0.15, -0.1) is 12.4 Å². The Morgan fingerprint density at radius 2 is 2.29 bits per heavy atom. The molecule has 2 rings (SSSR count). The van der Waals surface area contributed by atoms with Crippen molar-refractivity contribution in [3.05, 3.63) is 28.3 Å². The Kier molecular flexibility index (Phi) is 7.90. The fourth-order valence-electron chi connectivity index (χ4n) is 2.52. The van der Waals surface area contributed by atoms with E-state index in [4.69, 9.17) is 4.74 Å². The summed E-state index contributed by atoms with van der Waals surface area (Å²) in [5, 5.41) is 17.1. The fraction of sp³-hybridized carbons (Fsp3) is 0.533. The van der Waals surface area contributed by atoms with Crippen molar-refractivity contribution in [2.45, 2.75) is 19.9 Å². The minimum Gasteiger partial charge on any atom is -0.494 e. The van der Waals surface area contributed by atoms with Crippen LogP contribution in [-0.4, -0.2) is 54.6 Å². The second-order valence-corrected chi connectivity index (χ2v) is 5.44. The van der Waals surface area contributed by atoms with Crippen molar-refractivity contribution in [3.63, 3.8) is 0 Å². The molecule has 1 amide bonds. The smallest absolute Gasteiger partial charge is 0.296 e. The number of carbonyl (C=O) groups excluding carboxylic acids is 1. The quantitative estimate of drug-likeness (QED) is 0.593. The predicted octanol–water partition coefficient (Wildman–Crippen LogP) is 1.65. The van der Waals surface area contributed by atoms with Crippen molar-refractivity contribution in [3.8, 4) is 5.75 Å². The van der Waals surface area contributed by atoms with Gasteiger partial charge in [-0.1, -0.05) is 0 Å². The highest BCUT2D eigenvalue weighted by Gasteiger charge is 2.22. The first-order valence-electron chi connectivity index (χ1n) is 7.67. The lowest BCUT2D eigenvalue weighted by Gasteiger charge is -2.33. The van der Waals surface area contributed by atoms with Crippen molar-refractivity contribution in [1.29, 1.82) is 0 Å². The number of halogens is 1. The number of nitro benzene ring substituents is 1. The molecule has 0 bridgehead atoms. The molecule has 134 valence electrons. The monoisotopic (exact) mass is 358 g/mol. The number of nitrogens with zero attached hydrogens (tertiary/aromatic N) is 2. The van der Waals surface area contributed by atoms with E-state index >= 15 is 0 Å². The third kappa shape index (κ3) is 5.33. The summed E-state index contributed by atoms with van der Waals surface area (Å²) in [5.74, 6) is 0.152. The molecule has 1 aliphatic heterocycles. The maximum Gasteiger partial charge on any atom is 0.296 e. The van der Waals surface area contributed by atoms with Crippen molar-refractivity contribution in [1.82, 2.24) is 10.2 Å². The predicted molar refractivity (Wildman–Crippen MR) is 94.0 cm³/mol. The molecule has 24 heavy (non-hydrogen) atoms. The largest absolute Gasteiger partial charge is 0.494 e. The Bertz CT molecular complexity index is 585. The first-order valence-corrected chi connectivity index (χ1v) is 7.67. The van der Waals surface area contributed by atoms with Crippen LogP contribution in [0.1, 0.15) is 13.8 Å². The molecule has 1 saturated heterocycles. The van der Waals surface area contributed by atoms with E-state index in [1.54, 1.807) is 13.0 Å². The highest BCUT2D eigenvalue weighted by molar-refractivity contribution is 5.94. The Morgan fingerprint density at radius 1 is 1.54 bits per heavy atom. The molecule has 0 aliphatic carbocycles. The molecular weight excluding hydrogens is 336 g/mol. The molecule has 2 N–H and O–H groups in total. The molecule has 1 atom stereocenters. The molecule has 0 aromatic heterocycles. The molecular formula is C15H23ClN4O4. The number of rotatable bonds is 6. The zero-order valence-corrected chi connectivity index (χ0v) is 14.6. The summed E-state index contributed by atoms with van der Waals surface area (Å²) >= 11 is 0. The van der Waals surface area contributed by atoms with Gasteiger partial charge in [0.15, 0.2) is 0 Å². The third-order valence-electron chi connectivity index (χ3n) is 3.74. The van der Waals surface area contributed by atoms with Gasteiger partial charge < -0.3 is 15.4 Å². The van der Waals surface area contributed by atoms with Gasteiger partial charge in [0.05, 0.1) is 24.1 Å². The Balaban J connectivity index is 0.00000288. The van der Waals surface area contributed by atoms with E-state index in [0.29, 0.717) is 12.4 Å². The SMILES string of the molecule is CCOc1ccc(NC(=O)CN2CCNC[C@H]2C)c([N+](=O)[O-])c1.Cl. The maximum absolute atomic E-state index is 12.2. The van der Waals surface area contributed by atoms with Crippen LogP contribution in [0.25, 0.3) is 0 Å². The van der Waals surface area contributed by atoms with Crippen LogP contribution in [0, 0.1) is 10.1 Å². The van der Waals surface area contributed by atoms with Crippen LogP contribution in [0.15, 0.2) is 18.2 Å². The van der Waals surface area contributed by atoms with E-state index in [1.165, 1.54) is 12.1 Å². The highest BCUT2D eigenvalue weighted by atomic mass is 35.5. The van der Waals surface area contributed by atoms with Crippen molar-refractivity contribution >= 4 is 29.7 Å². The molecule has 1 heterocycles. The van der Waals surface area contributed by atoms with Gasteiger partial charge in [0.25, 0.3) is 5.69 Å². The van der Waals surface area contributed by atoms with Crippen molar-refractivity contribution < 1.29 is 14.5 Å². The van der Waals surface area contributed by atoms with Crippen LogP contribution in [0.3, 0.4) is 0 Å². The van der Waals surface area contributed by atoms with E-state index < -0.39 is 4.92 Å². The van der Waals surface area contributed by atoms with Crippen LogP contribution < -0.4 is 15.4 Å². The van der Waals surface area contributed by atoms with Crippen LogP contribution >= 0.6 is 12.4 Å². The first kappa shape index (κ1) is 20.1. The number of nitro groups is 1. The van der Waals surface area contributed by atoms with Gasteiger partial charge >= 0.3 is 0 Å². The van der Waals surface area contributed by atoms with E-state index in [2.05, 4.69) is 10.6 Å². The molecule has 1 aliphatic rings. The molecule has 1 aromatic rings. The van der Waals surface area contributed by atoms with Gasteiger partial charge in [0.2, 0.25) is 5.91 Å². The van der Waals surface area contributed by atoms with E-state index in [0.717, 1.165) is 19.6 Å². The number of hydrogen-bond donors (Lipinski definition) is 2. The van der Waals surface area contributed by atoms with Gasteiger partial charge in [0.1, 0.15) is 11.4 Å². The third-order valence-corrected chi connectivity index (χ3v) is 3.74. The van der Waals surface area contributed by atoms with Crippen LogP contribution in [0.2, 0.25) is 0 Å². The highest BCUT2D eigenvalue weighted by Crippen LogP contribution is 2.29. The van der Waals surface area contributed by atoms with Crippen LogP contribution in [0.5, 0.6) is 5.75 Å². The zero-order chi connectivity index (χ0) is 16.8. The summed E-state index contributed by atoms with van der Waals surface area (Å²) in [6.07, 6.45) is 0. The second kappa shape index (κ2) is 9.41. The molecule has 0 radical (unpaired) electrons. The number of nitrogens with one attached hydrogen (secondary N) is 2.